The third kappa shape index (κ3) is 4.74. The van der Waals surface area contributed by atoms with Crippen LogP contribution < -0.4 is 5.32 Å². The second-order valence-corrected chi connectivity index (χ2v) is 6.99. The lowest BCUT2D eigenvalue weighted by Gasteiger charge is -2.31. The first-order valence-electron chi connectivity index (χ1n) is 9.39. The van der Waals surface area contributed by atoms with E-state index in [0.29, 0.717) is 31.7 Å². The molecule has 1 aliphatic heterocycles. The molecule has 1 aliphatic rings. The maximum Gasteiger partial charge on any atom is 0.271 e. The lowest BCUT2D eigenvalue weighted by atomic mass is 9.96. The summed E-state index contributed by atoms with van der Waals surface area (Å²) in [5, 5.41) is 18.7. The van der Waals surface area contributed by atoms with Crippen molar-refractivity contribution in [2.45, 2.75) is 26.2 Å². The van der Waals surface area contributed by atoms with Crippen LogP contribution in [0, 0.1) is 12.8 Å². The molecule has 7 nitrogen and oxygen atoms in total. The Bertz CT molecular complexity index is 785. The van der Waals surface area contributed by atoms with E-state index < -0.39 is 0 Å². The number of aromatic amines is 1. The molecule has 2 amide bonds. The standard InChI is InChI=1S/C20H26N4O3/c1-14-5-7-15(8-6-14)17-12-18(23-22-17)20(27)24-10-2-4-16(13-24)19(26)21-9-3-11-25/h5-8,12,16,25H,2-4,9-11,13H2,1H3,(H,21,26)(H,22,23)/t16-/m1/s1. The number of aromatic nitrogens is 2. The van der Waals surface area contributed by atoms with Gasteiger partial charge in [-0.1, -0.05) is 29.8 Å². The highest BCUT2D eigenvalue weighted by Crippen LogP contribution is 2.21. The molecule has 0 radical (unpaired) electrons. The molecule has 0 spiro atoms. The second-order valence-electron chi connectivity index (χ2n) is 6.99. The summed E-state index contributed by atoms with van der Waals surface area (Å²) in [6.45, 7) is 3.58. The van der Waals surface area contributed by atoms with Crippen LogP contribution in [0.2, 0.25) is 0 Å². The molecular formula is C20H26N4O3. The molecule has 1 saturated heterocycles. The molecule has 0 bridgehead atoms. The number of aryl methyl sites for hydroxylation is 1. The molecule has 2 aromatic rings. The molecule has 7 heteroatoms. The Morgan fingerprint density at radius 1 is 1.33 bits per heavy atom. The Labute approximate surface area is 158 Å². The van der Waals surface area contributed by atoms with Crippen molar-refractivity contribution >= 4 is 11.8 Å². The van der Waals surface area contributed by atoms with Crippen LogP contribution in [0.5, 0.6) is 0 Å². The molecule has 1 atom stereocenters. The Morgan fingerprint density at radius 3 is 2.85 bits per heavy atom. The molecule has 1 fully saturated rings. The fourth-order valence-corrected chi connectivity index (χ4v) is 3.28. The van der Waals surface area contributed by atoms with Gasteiger partial charge in [-0.05, 0) is 32.3 Å². The highest BCUT2D eigenvalue weighted by Gasteiger charge is 2.29. The summed E-state index contributed by atoms with van der Waals surface area (Å²) in [6.07, 6.45) is 2.10. The number of likely N-dealkylation sites (tertiary alicyclic amines) is 1. The van der Waals surface area contributed by atoms with Crippen LogP contribution >= 0.6 is 0 Å². The maximum atomic E-state index is 12.8. The summed E-state index contributed by atoms with van der Waals surface area (Å²) in [5.74, 6) is -0.388. The van der Waals surface area contributed by atoms with Gasteiger partial charge < -0.3 is 15.3 Å². The van der Waals surface area contributed by atoms with Crippen LogP contribution in [-0.4, -0.2) is 58.3 Å². The maximum absolute atomic E-state index is 12.8. The fraction of sp³-hybridized carbons (Fsp3) is 0.450. The van der Waals surface area contributed by atoms with Crippen molar-refractivity contribution in [3.63, 3.8) is 0 Å². The number of carbonyl (C=O) groups excluding carboxylic acids is 2. The third-order valence-electron chi connectivity index (χ3n) is 4.87. The van der Waals surface area contributed by atoms with Crippen molar-refractivity contribution in [2.24, 2.45) is 5.92 Å². The number of benzene rings is 1. The van der Waals surface area contributed by atoms with E-state index in [4.69, 9.17) is 5.11 Å². The number of aliphatic hydroxyl groups is 1. The van der Waals surface area contributed by atoms with Gasteiger partial charge in [0.05, 0.1) is 11.6 Å². The third-order valence-corrected chi connectivity index (χ3v) is 4.87. The van der Waals surface area contributed by atoms with Gasteiger partial charge >= 0.3 is 0 Å². The molecule has 3 rings (SSSR count). The zero-order valence-electron chi connectivity index (χ0n) is 15.6. The first-order valence-corrected chi connectivity index (χ1v) is 9.39. The quantitative estimate of drug-likeness (QED) is 0.675. The van der Waals surface area contributed by atoms with E-state index in [-0.39, 0.29) is 24.3 Å². The second kappa shape index (κ2) is 8.81. The van der Waals surface area contributed by atoms with Gasteiger partial charge in [-0.3, -0.25) is 14.7 Å². The first-order chi connectivity index (χ1) is 13.1. The van der Waals surface area contributed by atoms with Crippen LogP contribution in [0.25, 0.3) is 11.3 Å². The van der Waals surface area contributed by atoms with Gasteiger partial charge in [0.15, 0.2) is 0 Å². The van der Waals surface area contributed by atoms with Gasteiger partial charge in [0.25, 0.3) is 5.91 Å². The van der Waals surface area contributed by atoms with Gasteiger partial charge in [0, 0.05) is 31.8 Å². The number of H-pyrrole nitrogens is 1. The Kier molecular flexibility index (Phi) is 6.24. The molecule has 144 valence electrons. The van der Waals surface area contributed by atoms with Crippen LogP contribution in [0.15, 0.2) is 30.3 Å². The van der Waals surface area contributed by atoms with Crippen molar-refractivity contribution in [2.75, 3.05) is 26.2 Å². The lowest BCUT2D eigenvalue weighted by Crippen LogP contribution is -2.45. The number of hydrogen-bond acceptors (Lipinski definition) is 4. The summed E-state index contributed by atoms with van der Waals surface area (Å²) in [6, 6.07) is 9.74. The summed E-state index contributed by atoms with van der Waals surface area (Å²) >= 11 is 0. The van der Waals surface area contributed by atoms with Crippen molar-refractivity contribution < 1.29 is 14.7 Å². The van der Waals surface area contributed by atoms with Crippen molar-refractivity contribution in [1.82, 2.24) is 20.4 Å². The van der Waals surface area contributed by atoms with E-state index in [1.54, 1.807) is 11.0 Å². The fourth-order valence-electron chi connectivity index (χ4n) is 3.28. The number of rotatable bonds is 6. The molecule has 0 aliphatic carbocycles. The summed E-state index contributed by atoms with van der Waals surface area (Å²) < 4.78 is 0. The predicted molar refractivity (Wildman–Crippen MR) is 102 cm³/mol. The van der Waals surface area contributed by atoms with E-state index >= 15 is 0 Å². The largest absolute Gasteiger partial charge is 0.396 e. The van der Waals surface area contributed by atoms with Crippen LogP contribution in [0.1, 0.15) is 35.3 Å². The zero-order chi connectivity index (χ0) is 19.2. The monoisotopic (exact) mass is 370 g/mol. The van der Waals surface area contributed by atoms with Gasteiger partial charge in [0.1, 0.15) is 5.69 Å². The SMILES string of the molecule is Cc1ccc(-c2cc(C(=O)N3CCC[C@@H](C(=O)NCCCO)C3)[nH]n2)cc1. The van der Waals surface area contributed by atoms with Crippen LogP contribution in [-0.2, 0) is 4.79 Å². The van der Waals surface area contributed by atoms with E-state index in [9.17, 15) is 9.59 Å². The van der Waals surface area contributed by atoms with E-state index in [1.165, 1.54) is 5.56 Å². The van der Waals surface area contributed by atoms with Crippen molar-refractivity contribution in [3.8, 4) is 11.3 Å². The van der Waals surface area contributed by atoms with Gasteiger partial charge in [-0.15, -0.1) is 0 Å². The minimum absolute atomic E-state index is 0.0501. The minimum atomic E-state index is -0.208. The summed E-state index contributed by atoms with van der Waals surface area (Å²) in [4.78, 5) is 26.8. The average molecular weight is 370 g/mol. The number of piperidine rings is 1. The average Bonchev–Trinajstić information content (AvgIpc) is 3.18. The highest BCUT2D eigenvalue weighted by molar-refractivity contribution is 5.94. The number of nitrogens with one attached hydrogen (secondary N) is 2. The molecule has 3 N–H and O–H groups in total. The van der Waals surface area contributed by atoms with E-state index in [0.717, 1.165) is 24.1 Å². The van der Waals surface area contributed by atoms with Crippen LogP contribution in [0.4, 0.5) is 0 Å². The van der Waals surface area contributed by atoms with Crippen molar-refractivity contribution in [1.29, 1.82) is 0 Å². The normalized spacial score (nSPS) is 17.0. The molecule has 0 saturated carbocycles. The number of aliphatic hydroxyl groups excluding tert-OH is 1. The number of nitrogens with zero attached hydrogens (tertiary/aromatic N) is 2. The van der Waals surface area contributed by atoms with Crippen molar-refractivity contribution in [3.05, 3.63) is 41.6 Å². The topological polar surface area (TPSA) is 98.3 Å². The van der Waals surface area contributed by atoms with Gasteiger partial charge in [0.2, 0.25) is 5.91 Å². The Hall–Kier alpha value is -2.67. The van der Waals surface area contributed by atoms with Crippen LogP contribution in [0.3, 0.4) is 0 Å². The van der Waals surface area contributed by atoms with Gasteiger partial charge in [-0.2, -0.15) is 5.10 Å². The predicted octanol–water partition coefficient (Wildman–Crippen LogP) is 1.74. The van der Waals surface area contributed by atoms with E-state index in [1.807, 2.05) is 31.2 Å². The molecule has 27 heavy (non-hydrogen) atoms. The molecule has 0 unspecified atom stereocenters. The zero-order valence-corrected chi connectivity index (χ0v) is 15.6. The molecule has 1 aromatic heterocycles. The van der Waals surface area contributed by atoms with Gasteiger partial charge in [-0.25, -0.2) is 0 Å². The molecule has 1 aromatic carbocycles. The number of carbonyl (C=O) groups is 2. The Morgan fingerprint density at radius 2 is 2.11 bits per heavy atom. The highest BCUT2D eigenvalue weighted by atomic mass is 16.3. The Balaban J connectivity index is 1.63. The summed E-state index contributed by atoms with van der Waals surface area (Å²) in [7, 11) is 0. The minimum Gasteiger partial charge on any atom is -0.396 e. The summed E-state index contributed by atoms with van der Waals surface area (Å²) in [5.41, 5.74) is 3.29. The lowest BCUT2D eigenvalue weighted by molar-refractivity contribution is -0.126. The van der Waals surface area contributed by atoms with E-state index in [2.05, 4.69) is 15.5 Å². The first kappa shape index (κ1) is 19.1. The molecular weight excluding hydrogens is 344 g/mol. The molecule has 2 heterocycles. The smallest absolute Gasteiger partial charge is 0.271 e. The number of amides is 2. The number of hydrogen-bond donors (Lipinski definition) is 3.